The Kier molecular flexibility index (Phi) is 15.3. The summed E-state index contributed by atoms with van der Waals surface area (Å²) < 4.78 is 1.31. The van der Waals surface area contributed by atoms with Crippen LogP contribution >= 0.6 is 22.6 Å². The number of aliphatic hydroxyl groups is 3. The largest absolute Gasteiger partial charge is 0.393 e. The molecular formula is C26H41IO5. The summed E-state index contributed by atoms with van der Waals surface area (Å²) in [7, 11) is 0. The van der Waals surface area contributed by atoms with Crippen LogP contribution in [0.15, 0.2) is 24.3 Å². The van der Waals surface area contributed by atoms with Crippen LogP contribution in [-0.2, 0) is 16.0 Å². The van der Waals surface area contributed by atoms with Crippen molar-refractivity contribution in [2.45, 2.75) is 109 Å². The highest BCUT2D eigenvalue weighted by Gasteiger charge is 2.43. The zero-order valence-electron chi connectivity index (χ0n) is 19.5. The summed E-state index contributed by atoms with van der Waals surface area (Å²) in [6.07, 6.45) is 13.4. The van der Waals surface area contributed by atoms with Gasteiger partial charge in [0.25, 0.3) is 0 Å². The Morgan fingerprint density at radius 2 is 1.41 bits per heavy atom. The molecule has 32 heavy (non-hydrogen) atoms. The van der Waals surface area contributed by atoms with Gasteiger partial charge < -0.3 is 15.3 Å². The Balaban J connectivity index is 1.92. The summed E-state index contributed by atoms with van der Waals surface area (Å²) in [6, 6.07) is 8.76. The van der Waals surface area contributed by atoms with E-state index < -0.39 is 29.9 Å². The van der Waals surface area contributed by atoms with Gasteiger partial charge in [-0.05, 0) is 66.5 Å². The third-order valence-electron chi connectivity index (χ3n) is 6.14. The maximum absolute atomic E-state index is 12.0. The quantitative estimate of drug-likeness (QED) is 0.161. The molecule has 0 aliphatic heterocycles. The fourth-order valence-corrected chi connectivity index (χ4v) is 4.49. The normalized spacial score (nSPS) is 14.2. The van der Waals surface area contributed by atoms with Crippen molar-refractivity contribution < 1.29 is 24.9 Å². The minimum atomic E-state index is -2.38. The Morgan fingerprint density at radius 3 is 1.88 bits per heavy atom. The van der Waals surface area contributed by atoms with Crippen molar-refractivity contribution in [3.8, 4) is 0 Å². The van der Waals surface area contributed by atoms with E-state index in [1.165, 1.54) is 66.9 Å². The van der Waals surface area contributed by atoms with E-state index in [0.717, 1.165) is 26.2 Å². The first kappa shape index (κ1) is 29.2. The van der Waals surface area contributed by atoms with Gasteiger partial charge in [0.2, 0.25) is 0 Å². The van der Waals surface area contributed by atoms with Crippen molar-refractivity contribution in [2.24, 2.45) is 0 Å². The van der Waals surface area contributed by atoms with Crippen molar-refractivity contribution in [1.29, 1.82) is 0 Å². The fraction of sp³-hybridized carbons (Fsp3) is 0.692. The lowest BCUT2D eigenvalue weighted by atomic mass is 9.88. The third-order valence-corrected chi connectivity index (χ3v) is 6.81. The second-order valence-electron chi connectivity index (χ2n) is 8.88. The maximum Gasteiger partial charge on any atom is 0.178 e. The molecule has 0 aromatic heterocycles. The smallest absolute Gasteiger partial charge is 0.178 e. The Hall–Kier alpha value is -0.830. The molecule has 3 N–H and O–H groups in total. The van der Waals surface area contributed by atoms with Gasteiger partial charge >= 0.3 is 0 Å². The van der Waals surface area contributed by atoms with Crippen LogP contribution < -0.4 is 0 Å². The number of Topliss-reactive ketones (excluding diaryl/α,β-unsaturated/α-hetero) is 2. The van der Waals surface area contributed by atoms with Gasteiger partial charge in [0, 0.05) is 9.99 Å². The second-order valence-corrected chi connectivity index (χ2v) is 10.1. The number of aliphatic hydroxyl groups excluding tert-OH is 2. The van der Waals surface area contributed by atoms with Crippen LogP contribution in [-0.4, -0.2) is 45.2 Å². The van der Waals surface area contributed by atoms with Crippen molar-refractivity contribution in [1.82, 2.24) is 0 Å². The molecule has 1 aromatic carbocycles. The molecule has 0 saturated heterocycles. The Labute approximate surface area is 207 Å². The highest BCUT2D eigenvalue weighted by atomic mass is 127. The number of aryl methyl sites for hydroxylation is 1. The van der Waals surface area contributed by atoms with Gasteiger partial charge in [-0.3, -0.25) is 9.59 Å². The number of ketones is 2. The van der Waals surface area contributed by atoms with E-state index in [2.05, 4.69) is 46.9 Å². The molecule has 0 aliphatic carbocycles. The molecule has 1 aromatic rings. The van der Waals surface area contributed by atoms with Gasteiger partial charge in [-0.15, -0.1) is 0 Å². The summed E-state index contributed by atoms with van der Waals surface area (Å²) in [5.41, 5.74) is -0.933. The van der Waals surface area contributed by atoms with Crippen LogP contribution in [0.4, 0.5) is 0 Å². The standard InChI is InChI=1S/C26H41IO5/c1-21(29)26(32,20-28)25(31)24(30)18-13-11-9-7-5-3-2-4-6-8-10-12-15-22-16-14-17-23(27)19-22/h14,16-17,19,25,28,31-32H,2-13,15,18,20H2,1H3. The first-order valence-corrected chi connectivity index (χ1v) is 13.2. The Bertz CT molecular complexity index is 678. The molecule has 0 amide bonds. The number of rotatable bonds is 19. The molecule has 0 heterocycles. The zero-order chi connectivity index (χ0) is 23.8. The summed E-state index contributed by atoms with van der Waals surface area (Å²) in [4.78, 5) is 23.3. The number of hydrogen-bond acceptors (Lipinski definition) is 5. The third kappa shape index (κ3) is 11.3. The SMILES string of the molecule is CC(=O)C(O)(CO)C(O)C(=O)CCCCCCCCCCCCCCc1cccc(I)c1. The average molecular weight is 561 g/mol. The minimum Gasteiger partial charge on any atom is -0.393 e. The van der Waals surface area contributed by atoms with E-state index in [1.807, 2.05) is 0 Å². The number of carbonyl (C=O) groups is 2. The fourth-order valence-electron chi connectivity index (χ4n) is 3.88. The molecule has 0 bridgehead atoms. The molecule has 182 valence electrons. The average Bonchev–Trinajstić information content (AvgIpc) is 2.77. The maximum atomic E-state index is 12.0. The lowest BCUT2D eigenvalue weighted by Gasteiger charge is -2.27. The van der Waals surface area contributed by atoms with Crippen molar-refractivity contribution in [2.75, 3.05) is 6.61 Å². The molecule has 5 nitrogen and oxygen atoms in total. The molecule has 0 spiro atoms. The first-order chi connectivity index (χ1) is 15.3. The molecule has 2 atom stereocenters. The topological polar surface area (TPSA) is 94.8 Å². The molecule has 0 saturated carbocycles. The second kappa shape index (κ2) is 16.7. The zero-order valence-corrected chi connectivity index (χ0v) is 21.7. The predicted octanol–water partition coefficient (Wildman–Crippen LogP) is 5.15. The van der Waals surface area contributed by atoms with Gasteiger partial charge in [0.05, 0.1) is 6.61 Å². The molecular weight excluding hydrogens is 519 g/mol. The number of hydrogen-bond donors (Lipinski definition) is 3. The van der Waals surface area contributed by atoms with E-state index in [4.69, 9.17) is 5.11 Å². The summed E-state index contributed by atoms with van der Waals surface area (Å²) in [5, 5.41) is 28.9. The monoisotopic (exact) mass is 560 g/mol. The van der Waals surface area contributed by atoms with E-state index in [0.29, 0.717) is 6.42 Å². The van der Waals surface area contributed by atoms with Crippen LogP contribution in [0.3, 0.4) is 0 Å². The summed E-state index contributed by atoms with van der Waals surface area (Å²) in [6.45, 7) is 0.0988. The van der Waals surface area contributed by atoms with E-state index in [-0.39, 0.29) is 6.42 Å². The van der Waals surface area contributed by atoms with E-state index in [9.17, 15) is 19.8 Å². The Morgan fingerprint density at radius 1 is 0.906 bits per heavy atom. The van der Waals surface area contributed by atoms with Crippen LogP contribution in [0.1, 0.15) is 96.0 Å². The summed E-state index contributed by atoms with van der Waals surface area (Å²) in [5.74, 6) is -1.39. The predicted molar refractivity (Wildman–Crippen MR) is 137 cm³/mol. The molecule has 2 unspecified atom stereocenters. The van der Waals surface area contributed by atoms with Crippen LogP contribution in [0, 0.1) is 3.57 Å². The van der Waals surface area contributed by atoms with Crippen LogP contribution in [0.25, 0.3) is 0 Å². The number of halogens is 1. The van der Waals surface area contributed by atoms with Gasteiger partial charge in [-0.1, -0.05) is 76.3 Å². The van der Waals surface area contributed by atoms with Gasteiger partial charge in [0.15, 0.2) is 23.3 Å². The number of carbonyl (C=O) groups excluding carboxylic acids is 2. The van der Waals surface area contributed by atoms with Crippen molar-refractivity contribution in [3.63, 3.8) is 0 Å². The first-order valence-electron chi connectivity index (χ1n) is 12.1. The minimum absolute atomic E-state index is 0.111. The lowest BCUT2D eigenvalue weighted by Crippen LogP contribution is -2.55. The van der Waals surface area contributed by atoms with Crippen LogP contribution in [0.5, 0.6) is 0 Å². The van der Waals surface area contributed by atoms with E-state index >= 15 is 0 Å². The van der Waals surface area contributed by atoms with Crippen molar-refractivity contribution in [3.05, 3.63) is 33.4 Å². The lowest BCUT2D eigenvalue weighted by molar-refractivity contribution is -0.164. The highest BCUT2D eigenvalue weighted by Crippen LogP contribution is 2.17. The molecule has 0 radical (unpaired) electrons. The molecule has 0 fully saturated rings. The molecule has 6 heteroatoms. The molecule has 0 aliphatic rings. The van der Waals surface area contributed by atoms with Gasteiger partial charge in [-0.2, -0.15) is 0 Å². The van der Waals surface area contributed by atoms with E-state index in [1.54, 1.807) is 0 Å². The van der Waals surface area contributed by atoms with Crippen LogP contribution in [0.2, 0.25) is 0 Å². The highest BCUT2D eigenvalue weighted by molar-refractivity contribution is 14.1. The number of unbranched alkanes of at least 4 members (excludes halogenated alkanes) is 11. The van der Waals surface area contributed by atoms with Gasteiger partial charge in [0.1, 0.15) is 0 Å². The summed E-state index contributed by atoms with van der Waals surface area (Å²) >= 11 is 2.37. The van der Waals surface area contributed by atoms with Gasteiger partial charge in [-0.25, -0.2) is 0 Å². The number of benzene rings is 1. The molecule has 1 rings (SSSR count). The van der Waals surface area contributed by atoms with Crippen molar-refractivity contribution >= 4 is 34.2 Å².